The van der Waals surface area contributed by atoms with Crippen LogP contribution in [0.4, 0.5) is 0 Å². The maximum Gasteiger partial charge on any atom is 0.187 e. The van der Waals surface area contributed by atoms with E-state index in [0.717, 1.165) is 6.08 Å². The lowest BCUT2D eigenvalue weighted by atomic mass is 10.2. The lowest BCUT2D eigenvalue weighted by molar-refractivity contribution is -0.149. The molecule has 13 heavy (non-hydrogen) atoms. The van der Waals surface area contributed by atoms with Crippen LogP contribution in [0.15, 0.2) is 12.2 Å². The van der Waals surface area contributed by atoms with Crippen molar-refractivity contribution in [2.45, 2.75) is 25.7 Å². The van der Waals surface area contributed by atoms with Gasteiger partial charge in [0, 0.05) is 0 Å². The summed E-state index contributed by atoms with van der Waals surface area (Å²) >= 11 is 0. The van der Waals surface area contributed by atoms with Gasteiger partial charge in [0.25, 0.3) is 0 Å². The third kappa shape index (κ3) is 2.75. The van der Waals surface area contributed by atoms with Crippen molar-refractivity contribution in [1.29, 1.82) is 0 Å². The summed E-state index contributed by atoms with van der Waals surface area (Å²) in [6.07, 6.45) is 2.32. The Morgan fingerprint density at radius 1 is 1.54 bits per heavy atom. The van der Waals surface area contributed by atoms with E-state index in [9.17, 15) is 9.59 Å². The van der Waals surface area contributed by atoms with E-state index in [1.165, 1.54) is 6.08 Å². The number of aldehydes is 1. The fourth-order valence-electron chi connectivity index (χ4n) is 1.07. The number of carbonyl (C=O) groups excluding carboxylic acids is 2. The van der Waals surface area contributed by atoms with E-state index in [1.807, 2.05) is 0 Å². The Kier molecular flexibility index (Phi) is 2.95. The quantitative estimate of drug-likeness (QED) is 0.472. The van der Waals surface area contributed by atoms with Gasteiger partial charge in [-0.15, -0.1) is 0 Å². The van der Waals surface area contributed by atoms with E-state index in [4.69, 9.17) is 9.47 Å². The van der Waals surface area contributed by atoms with E-state index in [1.54, 1.807) is 13.8 Å². The first-order valence-electron chi connectivity index (χ1n) is 4.02. The molecule has 0 aliphatic carbocycles. The van der Waals surface area contributed by atoms with Gasteiger partial charge in [0.15, 0.2) is 11.6 Å². The molecule has 0 amide bonds. The molecule has 72 valence electrons. The minimum Gasteiger partial charge on any atom is -0.347 e. The SMILES string of the molecule is CC1(C)OCC(C(=O)C=CC=O)O1. The molecule has 0 saturated carbocycles. The second-order valence-corrected chi connectivity index (χ2v) is 3.21. The number of hydrogen-bond donors (Lipinski definition) is 0. The highest BCUT2D eigenvalue weighted by Crippen LogP contribution is 2.22. The van der Waals surface area contributed by atoms with Gasteiger partial charge >= 0.3 is 0 Å². The number of rotatable bonds is 3. The van der Waals surface area contributed by atoms with Crippen molar-refractivity contribution < 1.29 is 19.1 Å². The fraction of sp³-hybridized carbons (Fsp3) is 0.556. The van der Waals surface area contributed by atoms with Crippen molar-refractivity contribution in [3.8, 4) is 0 Å². The maximum absolute atomic E-state index is 11.2. The molecule has 0 aromatic carbocycles. The first-order chi connectivity index (χ1) is 6.05. The largest absolute Gasteiger partial charge is 0.347 e. The van der Waals surface area contributed by atoms with E-state index in [2.05, 4.69) is 0 Å². The highest BCUT2D eigenvalue weighted by molar-refractivity contribution is 5.96. The van der Waals surface area contributed by atoms with Crippen LogP contribution in [0, 0.1) is 0 Å². The summed E-state index contributed by atoms with van der Waals surface area (Å²) in [4.78, 5) is 21.2. The molecule has 4 nitrogen and oxygen atoms in total. The van der Waals surface area contributed by atoms with Crippen molar-refractivity contribution >= 4 is 12.1 Å². The Morgan fingerprint density at radius 3 is 2.69 bits per heavy atom. The molecule has 1 fully saturated rings. The highest BCUT2D eigenvalue weighted by Gasteiger charge is 2.35. The Hall–Kier alpha value is -1.00. The van der Waals surface area contributed by atoms with Crippen molar-refractivity contribution in [2.24, 2.45) is 0 Å². The van der Waals surface area contributed by atoms with Crippen molar-refractivity contribution in [2.75, 3.05) is 6.61 Å². The Labute approximate surface area is 76.5 Å². The first kappa shape index (κ1) is 10.1. The van der Waals surface area contributed by atoms with E-state index < -0.39 is 11.9 Å². The molecule has 0 aromatic rings. The second-order valence-electron chi connectivity index (χ2n) is 3.21. The number of ketones is 1. The predicted molar refractivity (Wildman–Crippen MR) is 45.1 cm³/mol. The zero-order valence-electron chi connectivity index (χ0n) is 7.65. The van der Waals surface area contributed by atoms with E-state index in [-0.39, 0.29) is 12.4 Å². The van der Waals surface area contributed by atoms with Gasteiger partial charge in [-0.1, -0.05) is 0 Å². The van der Waals surface area contributed by atoms with Gasteiger partial charge < -0.3 is 9.47 Å². The summed E-state index contributed by atoms with van der Waals surface area (Å²) in [5, 5.41) is 0. The molecule has 1 rings (SSSR count). The number of carbonyl (C=O) groups is 2. The summed E-state index contributed by atoms with van der Waals surface area (Å²) in [6.45, 7) is 3.72. The van der Waals surface area contributed by atoms with Crippen LogP contribution in [0.2, 0.25) is 0 Å². The van der Waals surface area contributed by atoms with Crippen LogP contribution < -0.4 is 0 Å². The van der Waals surface area contributed by atoms with Crippen molar-refractivity contribution in [3.63, 3.8) is 0 Å². The van der Waals surface area contributed by atoms with E-state index >= 15 is 0 Å². The molecule has 0 N–H and O–H groups in total. The molecular formula is C9H12O4. The van der Waals surface area contributed by atoms with Gasteiger partial charge in [-0.3, -0.25) is 9.59 Å². The highest BCUT2D eigenvalue weighted by atomic mass is 16.7. The fourth-order valence-corrected chi connectivity index (χ4v) is 1.07. The Morgan fingerprint density at radius 2 is 2.23 bits per heavy atom. The molecule has 0 spiro atoms. The number of ether oxygens (including phenoxy) is 2. The van der Waals surface area contributed by atoms with Crippen LogP contribution in [0.1, 0.15) is 13.8 Å². The molecule has 1 heterocycles. The molecule has 1 atom stereocenters. The normalized spacial score (nSPS) is 26.5. The standard InChI is InChI=1S/C9H12O4/c1-9(2)12-6-8(13-9)7(11)4-3-5-10/h3-5,8H,6H2,1-2H3. The summed E-state index contributed by atoms with van der Waals surface area (Å²) in [6, 6.07) is 0. The molecular weight excluding hydrogens is 172 g/mol. The number of hydrogen-bond acceptors (Lipinski definition) is 4. The van der Waals surface area contributed by atoms with Crippen molar-refractivity contribution in [3.05, 3.63) is 12.2 Å². The van der Waals surface area contributed by atoms with Gasteiger partial charge in [-0.25, -0.2) is 0 Å². The minimum atomic E-state index is -0.699. The summed E-state index contributed by atoms with van der Waals surface area (Å²) in [5.41, 5.74) is 0. The molecule has 0 radical (unpaired) electrons. The van der Waals surface area contributed by atoms with Gasteiger partial charge in [0.1, 0.15) is 12.4 Å². The zero-order chi connectivity index (χ0) is 9.90. The first-order valence-corrected chi connectivity index (χ1v) is 4.02. The summed E-state index contributed by atoms with van der Waals surface area (Å²) in [7, 11) is 0. The second kappa shape index (κ2) is 3.81. The van der Waals surface area contributed by atoms with Crippen LogP contribution in [-0.2, 0) is 19.1 Å². The van der Waals surface area contributed by atoms with Gasteiger partial charge in [-0.2, -0.15) is 0 Å². The Bertz CT molecular complexity index is 242. The third-order valence-corrected chi connectivity index (χ3v) is 1.66. The van der Waals surface area contributed by atoms with Crippen LogP contribution >= 0.6 is 0 Å². The maximum atomic E-state index is 11.2. The summed E-state index contributed by atoms with van der Waals surface area (Å²) < 4.78 is 10.5. The van der Waals surface area contributed by atoms with E-state index in [0.29, 0.717) is 6.29 Å². The molecule has 1 saturated heterocycles. The van der Waals surface area contributed by atoms with Gasteiger partial charge in [-0.05, 0) is 26.0 Å². The predicted octanol–water partition coefficient (Wildman–Crippen LogP) is 0.462. The molecule has 0 aromatic heterocycles. The lowest BCUT2D eigenvalue weighted by Crippen LogP contribution is -2.25. The number of allylic oxidation sites excluding steroid dienone is 1. The zero-order valence-corrected chi connectivity index (χ0v) is 7.65. The van der Waals surface area contributed by atoms with Crippen LogP contribution in [0.5, 0.6) is 0 Å². The molecule has 4 heteroatoms. The monoisotopic (exact) mass is 184 g/mol. The molecule has 1 aliphatic rings. The van der Waals surface area contributed by atoms with Gasteiger partial charge in [0.2, 0.25) is 0 Å². The van der Waals surface area contributed by atoms with Crippen LogP contribution in [0.25, 0.3) is 0 Å². The van der Waals surface area contributed by atoms with Crippen molar-refractivity contribution in [1.82, 2.24) is 0 Å². The average molecular weight is 184 g/mol. The Balaban J connectivity index is 2.51. The average Bonchev–Trinajstić information content (AvgIpc) is 2.42. The van der Waals surface area contributed by atoms with Crippen LogP contribution in [-0.4, -0.2) is 30.6 Å². The van der Waals surface area contributed by atoms with Crippen LogP contribution in [0.3, 0.4) is 0 Å². The topological polar surface area (TPSA) is 52.6 Å². The third-order valence-electron chi connectivity index (χ3n) is 1.66. The molecule has 1 aliphatic heterocycles. The molecule has 0 bridgehead atoms. The summed E-state index contributed by atoms with van der Waals surface area (Å²) in [5.74, 6) is -0.937. The molecule has 1 unspecified atom stereocenters. The lowest BCUT2D eigenvalue weighted by Gasteiger charge is -2.15. The minimum absolute atomic E-state index is 0.238. The smallest absolute Gasteiger partial charge is 0.187 e. The van der Waals surface area contributed by atoms with Gasteiger partial charge in [0.05, 0.1) is 6.61 Å².